The third-order valence-electron chi connectivity index (χ3n) is 6.54. The molecule has 2 aromatic carbocycles. The fraction of sp³-hybridized carbons (Fsp3) is 0.143. The van der Waals surface area contributed by atoms with E-state index in [0.29, 0.717) is 22.5 Å². The molecule has 2 aromatic heterocycles. The maximum absolute atomic E-state index is 13.6. The minimum absolute atomic E-state index is 0.0196. The smallest absolute Gasteiger partial charge is 0.280 e. The van der Waals surface area contributed by atoms with E-state index in [2.05, 4.69) is 20.6 Å². The molecule has 0 aliphatic carbocycles. The maximum Gasteiger partial charge on any atom is 0.280 e. The lowest BCUT2D eigenvalue weighted by Crippen LogP contribution is -2.31. The van der Waals surface area contributed by atoms with Crippen LogP contribution < -0.4 is 16.2 Å². The van der Waals surface area contributed by atoms with Gasteiger partial charge in [0.25, 0.3) is 17.4 Å². The summed E-state index contributed by atoms with van der Waals surface area (Å²) in [6.45, 7) is 1.78. The van der Waals surface area contributed by atoms with E-state index in [1.165, 1.54) is 21.8 Å². The number of hydrogen-bond donors (Lipinski definition) is 3. The van der Waals surface area contributed by atoms with Crippen molar-refractivity contribution in [3.8, 4) is 0 Å². The number of rotatable bonds is 7. The summed E-state index contributed by atoms with van der Waals surface area (Å²) in [5.74, 6) is -2.73. The summed E-state index contributed by atoms with van der Waals surface area (Å²) in [5, 5.41) is 5.56. The fourth-order valence-electron chi connectivity index (χ4n) is 4.41. The first kappa shape index (κ1) is 25.6. The SMILES string of the molecule is Cc1c(C(=O)NC/C=C/c2ccc3c(c2)NC(=O)C3=Cc2cnc[nH]2)c(=O)n(Cc2ccc(F)c(F)c2)n1C. The van der Waals surface area contributed by atoms with Crippen molar-refractivity contribution in [1.29, 1.82) is 0 Å². The van der Waals surface area contributed by atoms with E-state index in [9.17, 15) is 23.2 Å². The molecular formula is C28H24F2N6O3. The van der Waals surface area contributed by atoms with Crippen LogP contribution in [-0.4, -0.2) is 37.7 Å². The Balaban J connectivity index is 1.25. The Morgan fingerprint density at radius 2 is 1.95 bits per heavy atom. The number of fused-ring (bicyclic) bond motifs is 1. The third kappa shape index (κ3) is 5.06. The molecule has 0 radical (unpaired) electrons. The average molecular weight is 531 g/mol. The van der Waals surface area contributed by atoms with Crippen LogP contribution in [-0.2, 0) is 18.4 Å². The van der Waals surface area contributed by atoms with Crippen LogP contribution in [0.15, 0.2) is 59.8 Å². The monoisotopic (exact) mass is 530 g/mol. The second-order valence-electron chi connectivity index (χ2n) is 9.03. The Bertz CT molecular complexity index is 1710. The van der Waals surface area contributed by atoms with Crippen LogP contribution in [0.2, 0.25) is 0 Å². The van der Waals surface area contributed by atoms with Gasteiger partial charge in [-0.25, -0.2) is 18.4 Å². The number of aromatic nitrogens is 4. The number of nitrogens with one attached hydrogen (secondary N) is 3. The van der Waals surface area contributed by atoms with Crippen molar-refractivity contribution in [1.82, 2.24) is 24.6 Å². The summed E-state index contributed by atoms with van der Waals surface area (Å²) in [5.41, 5.74) is 3.80. The zero-order chi connectivity index (χ0) is 27.7. The lowest BCUT2D eigenvalue weighted by molar-refractivity contribution is -0.110. The first-order valence-electron chi connectivity index (χ1n) is 12.0. The first-order valence-corrected chi connectivity index (χ1v) is 12.0. The number of hydrogen-bond acceptors (Lipinski definition) is 4. The van der Waals surface area contributed by atoms with Crippen molar-refractivity contribution in [3.63, 3.8) is 0 Å². The van der Waals surface area contributed by atoms with E-state index in [1.54, 1.807) is 38.4 Å². The Morgan fingerprint density at radius 3 is 2.69 bits per heavy atom. The van der Waals surface area contributed by atoms with Crippen LogP contribution in [0.5, 0.6) is 0 Å². The van der Waals surface area contributed by atoms with Gasteiger partial charge in [0.2, 0.25) is 0 Å². The van der Waals surface area contributed by atoms with E-state index in [0.717, 1.165) is 29.0 Å². The number of halogens is 2. The second-order valence-corrected chi connectivity index (χ2v) is 9.03. The van der Waals surface area contributed by atoms with E-state index >= 15 is 0 Å². The highest BCUT2D eigenvalue weighted by molar-refractivity contribution is 6.34. The van der Waals surface area contributed by atoms with Crippen LogP contribution in [0.1, 0.15) is 38.4 Å². The fourth-order valence-corrected chi connectivity index (χ4v) is 4.41. The van der Waals surface area contributed by atoms with Crippen molar-refractivity contribution in [2.75, 3.05) is 11.9 Å². The number of carbonyl (C=O) groups excluding carboxylic acids is 2. The Hall–Kier alpha value is -5.06. The number of anilines is 1. The third-order valence-corrected chi connectivity index (χ3v) is 6.54. The van der Waals surface area contributed by atoms with Crippen LogP contribution in [0, 0.1) is 18.6 Å². The Morgan fingerprint density at radius 1 is 1.13 bits per heavy atom. The molecule has 3 heterocycles. The van der Waals surface area contributed by atoms with Gasteiger partial charge in [-0.05, 0) is 42.3 Å². The minimum Gasteiger partial charge on any atom is -0.348 e. The molecule has 2 amide bonds. The van der Waals surface area contributed by atoms with Gasteiger partial charge in [0.15, 0.2) is 11.6 Å². The highest BCUT2D eigenvalue weighted by Crippen LogP contribution is 2.33. The van der Waals surface area contributed by atoms with Gasteiger partial charge in [-0.1, -0.05) is 30.4 Å². The van der Waals surface area contributed by atoms with Gasteiger partial charge in [0.05, 0.1) is 30.3 Å². The second kappa shape index (κ2) is 10.4. The molecule has 1 aliphatic heterocycles. The number of amides is 2. The van der Waals surface area contributed by atoms with Crippen LogP contribution in [0.4, 0.5) is 14.5 Å². The van der Waals surface area contributed by atoms with E-state index in [4.69, 9.17) is 0 Å². The van der Waals surface area contributed by atoms with Crippen molar-refractivity contribution in [2.45, 2.75) is 13.5 Å². The van der Waals surface area contributed by atoms with Gasteiger partial charge in [0.1, 0.15) is 5.56 Å². The van der Waals surface area contributed by atoms with E-state index in [1.807, 2.05) is 18.2 Å². The molecule has 0 fully saturated rings. The number of carbonyl (C=O) groups is 2. The lowest BCUT2D eigenvalue weighted by atomic mass is 10.0. The number of aromatic amines is 1. The zero-order valence-corrected chi connectivity index (χ0v) is 21.1. The van der Waals surface area contributed by atoms with Crippen molar-refractivity contribution in [3.05, 3.63) is 111 Å². The molecule has 0 saturated carbocycles. The van der Waals surface area contributed by atoms with E-state index < -0.39 is 23.1 Å². The van der Waals surface area contributed by atoms with Crippen LogP contribution in [0.3, 0.4) is 0 Å². The van der Waals surface area contributed by atoms with Gasteiger partial charge in [-0.15, -0.1) is 0 Å². The number of benzene rings is 2. The highest BCUT2D eigenvalue weighted by Gasteiger charge is 2.24. The zero-order valence-electron chi connectivity index (χ0n) is 21.1. The molecule has 0 unspecified atom stereocenters. The number of imidazole rings is 1. The molecule has 39 heavy (non-hydrogen) atoms. The van der Waals surface area contributed by atoms with E-state index in [-0.39, 0.29) is 24.6 Å². The molecule has 3 N–H and O–H groups in total. The molecule has 0 spiro atoms. The summed E-state index contributed by atoms with van der Waals surface area (Å²) >= 11 is 0. The summed E-state index contributed by atoms with van der Waals surface area (Å²) < 4.78 is 29.7. The normalized spacial score (nSPS) is 13.7. The standard InChI is InChI=1S/C28H24F2N6O3/c1-16-25(28(39)36(35(16)2)14-18-6-8-22(29)23(30)10-18)27(38)32-9-3-4-17-5-7-20-21(12-19-13-31-15-33-19)26(37)34-24(20)11-17/h3-8,10-13,15H,9,14H2,1-2H3,(H,31,33)(H,32,38)(H,34,37)/b4-3+,21-12?. The summed E-state index contributed by atoms with van der Waals surface area (Å²) in [6.07, 6.45) is 8.43. The molecule has 4 aromatic rings. The largest absolute Gasteiger partial charge is 0.348 e. The Labute approximate surface area is 221 Å². The van der Waals surface area contributed by atoms with Crippen molar-refractivity contribution in [2.24, 2.45) is 7.05 Å². The molecule has 9 nitrogen and oxygen atoms in total. The lowest BCUT2D eigenvalue weighted by Gasteiger charge is -2.08. The topological polar surface area (TPSA) is 114 Å². The molecule has 0 bridgehead atoms. The van der Waals surface area contributed by atoms with Gasteiger partial charge >= 0.3 is 0 Å². The van der Waals surface area contributed by atoms with Crippen LogP contribution >= 0.6 is 0 Å². The summed E-state index contributed by atoms with van der Waals surface area (Å²) in [4.78, 5) is 45.1. The average Bonchev–Trinajstić information content (AvgIpc) is 3.59. The van der Waals surface area contributed by atoms with Gasteiger partial charge < -0.3 is 15.6 Å². The quantitative estimate of drug-likeness (QED) is 0.318. The van der Waals surface area contributed by atoms with Crippen LogP contribution in [0.25, 0.3) is 17.7 Å². The highest BCUT2D eigenvalue weighted by atomic mass is 19.2. The van der Waals surface area contributed by atoms with Crippen molar-refractivity contribution >= 4 is 35.2 Å². The predicted molar refractivity (Wildman–Crippen MR) is 143 cm³/mol. The molecule has 0 atom stereocenters. The molecule has 1 aliphatic rings. The number of nitrogens with zero attached hydrogens (tertiary/aromatic N) is 3. The van der Waals surface area contributed by atoms with Gasteiger partial charge in [-0.2, -0.15) is 0 Å². The molecule has 198 valence electrons. The summed E-state index contributed by atoms with van der Waals surface area (Å²) in [6, 6.07) is 8.94. The van der Waals surface area contributed by atoms with Gasteiger partial charge in [0, 0.05) is 30.5 Å². The summed E-state index contributed by atoms with van der Waals surface area (Å²) in [7, 11) is 1.62. The molecule has 0 saturated heterocycles. The predicted octanol–water partition coefficient (Wildman–Crippen LogP) is 3.48. The Kier molecular flexibility index (Phi) is 6.80. The van der Waals surface area contributed by atoms with Crippen molar-refractivity contribution < 1.29 is 18.4 Å². The molecular weight excluding hydrogens is 506 g/mol. The molecule has 5 rings (SSSR count). The first-order chi connectivity index (χ1) is 18.7. The maximum atomic E-state index is 13.6. The molecule has 11 heteroatoms. The minimum atomic E-state index is -1.01. The number of H-pyrrole nitrogens is 1. The van der Waals surface area contributed by atoms with Gasteiger partial charge in [-0.3, -0.25) is 19.1 Å².